The standard InChI is InChI=1S/C19H24O5/c1-18(15(24-18)9-11-22-13-6-4-3-5-7-13)17-16(21-2)14(20)8-10-19(17)12-23-19/h3-7,15-17H,8-12H2,1-2H3/t15-,16-,17-,18+,19+/m1/s1/i8D2,16D. The summed E-state index contributed by atoms with van der Waals surface area (Å²) < 4.78 is 47.3. The number of methoxy groups -OCH3 is 1. The second-order valence-corrected chi connectivity index (χ2v) is 6.78. The lowest BCUT2D eigenvalue weighted by atomic mass is 9.69. The lowest BCUT2D eigenvalue weighted by Gasteiger charge is -2.37. The van der Waals surface area contributed by atoms with Gasteiger partial charge < -0.3 is 18.9 Å². The first kappa shape index (κ1) is 12.9. The van der Waals surface area contributed by atoms with Gasteiger partial charge in [-0.1, -0.05) is 18.2 Å². The van der Waals surface area contributed by atoms with Gasteiger partial charge in [0.15, 0.2) is 5.78 Å². The quantitative estimate of drug-likeness (QED) is 0.747. The summed E-state index contributed by atoms with van der Waals surface area (Å²) in [5, 5.41) is 0. The SMILES string of the molecule is [2H]C1([2H])C[C@]2(CO2)[C@@H]([C@@]2(C)O[C@@H]2CCOc2ccccc2)[C@]([2H])(OC)C1=O. The van der Waals surface area contributed by atoms with Crippen LogP contribution in [0.2, 0.25) is 0 Å². The molecule has 130 valence electrons. The van der Waals surface area contributed by atoms with Gasteiger partial charge in [0.2, 0.25) is 0 Å². The molecule has 0 aromatic heterocycles. The fourth-order valence-corrected chi connectivity index (χ4v) is 3.82. The largest absolute Gasteiger partial charge is 0.493 e. The van der Waals surface area contributed by atoms with Gasteiger partial charge in [-0.2, -0.15) is 0 Å². The monoisotopic (exact) mass is 335 g/mol. The van der Waals surface area contributed by atoms with Crippen molar-refractivity contribution in [2.24, 2.45) is 5.92 Å². The zero-order valence-electron chi connectivity index (χ0n) is 16.9. The first-order valence-corrected chi connectivity index (χ1v) is 8.28. The molecular weight excluding hydrogens is 308 g/mol. The van der Waals surface area contributed by atoms with Crippen LogP contribution in [0, 0.1) is 5.92 Å². The molecule has 24 heavy (non-hydrogen) atoms. The summed E-state index contributed by atoms with van der Waals surface area (Å²) in [6.45, 7) is 2.60. The van der Waals surface area contributed by atoms with Crippen molar-refractivity contribution < 1.29 is 27.9 Å². The number of hydrogen-bond acceptors (Lipinski definition) is 5. The molecule has 0 radical (unpaired) electrons. The fourth-order valence-electron chi connectivity index (χ4n) is 3.82. The van der Waals surface area contributed by atoms with E-state index in [-0.39, 0.29) is 12.5 Å². The van der Waals surface area contributed by atoms with E-state index < -0.39 is 35.4 Å². The van der Waals surface area contributed by atoms with Gasteiger partial charge in [0.05, 0.1) is 26.6 Å². The molecule has 5 heteroatoms. The van der Waals surface area contributed by atoms with Gasteiger partial charge in [0.25, 0.3) is 0 Å². The molecule has 5 nitrogen and oxygen atoms in total. The molecule has 1 aliphatic carbocycles. The van der Waals surface area contributed by atoms with Crippen molar-refractivity contribution in [1.29, 1.82) is 0 Å². The van der Waals surface area contributed by atoms with E-state index in [1.165, 1.54) is 7.11 Å². The van der Waals surface area contributed by atoms with Crippen molar-refractivity contribution in [1.82, 2.24) is 0 Å². The third kappa shape index (κ3) is 2.65. The molecule has 1 saturated carbocycles. The molecule has 1 aromatic rings. The summed E-state index contributed by atoms with van der Waals surface area (Å²) in [5.41, 5.74) is -1.68. The van der Waals surface area contributed by atoms with Crippen LogP contribution in [-0.2, 0) is 19.0 Å². The van der Waals surface area contributed by atoms with E-state index in [1.54, 1.807) is 0 Å². The highest BCUT2D eigenvalue weighted by molar-refractivity contribution is 5.85. The van der Waals surface area contributed by atoms with Crippen LogP contribution in [0.15, 0.2) is 30.3 Å². The highest BCUT2D eigenvalue weighted by atomic mass is 16.6. The number of para-hydroxylation sites is 1. The second-order valence-electron chi connectivity index (χ2n) is 6.78. The van der Waals surface area contributed by atoms with Crippen molar-refractivity contribution in [2.75, 3.05) is 20.3 Å². The van der Waals surface area contributed by atoms with E-state index in [9.17, 15) is 4.79 Å². The fraction of sp³-hybridized carbons (Fsp3) is 0.632. The third-order valence-corrected chi connectivity index (χ3v) is 5.24. The Balaban J connectivity index is 1.49. The summed E-state index contributed by atoms with van der Waals surface area (Å²) >= 11 is 0. The van der Waals surface area contributed by atoms with E-state index in [1.807, 2.05) is 37.3 Å². The van der Waals surface area contributed by atoms with Gasteiger partial charge in [0.1, 0.15) is 23.0 Å². The zero-order chi connectivity index (χ0) is 19.5. The molecule has 2 aliphatic heterocycles. The Bertz CT molecular complexity index is 738. The van der Waals surface area contributed by atoms with Crippen molar-refractivity contribution in [2.45, 2.75) is 49.5 Å². The zero-order valence-corrected chi connectivity index (χ0v) is 13.9. The summed E-state index contributed by atoms with van der Waals surface area (Å²) in [7, 11) is 1.27. The number of carbonyl (C=O) groups excluding carboxylic acids is 1. The van der Waals surface area contributed by atoms with Crippen LogP contribution < -0.4 is 4.74 Å². The minimum atomic E-state index is -2.15. The Kier molecular flexibility index (Phi) is 3.12. The van der Waals surface area contributed by atoms with Crippen LogP contribution in [0.3, 0.4) is 0 Å². The molecule has 2 saturated heterocycles. The van der Waals surface area contributed by atoms with E-state index in [0.717, 1.165) is 5.75 Å². The lowest BCUT2D eigenvalue weighted by molar-refractivity contribution is -0.142. The molecule has 2 heterocycles. The highest BCUT2D eigenvalue weighted by Crippen LogP contribution is 2.58. The molecule has 3 aliphatic rings. The third-order valence-electron chi connectivity index (χ3n) is 5.24. The van der Waals surface area contributed by atoms with Gasteiger partial charge in [-0.25, -0.2) is 0 Å². The maximum Gasteiger partial charge on any atom is 0.162 e. The van der Waals surface area contributed by atoms with Gasteiger partial charge in [-0.15, -0.1) is 0 Å². The number of hydrogen-bond donors (Lipinski definition) is 0. The molecule has 4 rings (SSSR count). The van der Waals surface area contributed by atoms with Crippen molar-refractivity contribution >= 4 is 5.78 Å². The number of Topliss-reactive ketones (excluding diaryl/α,β-unsaturated/α-hetero) is 1. The molecule has 1 spiro atoms. The Hall–Kier alpha value is -1.43. The minimum Gasteiger partial charge on any atom is -0.493 e. The normalized spacial score (nSPS) is 47.6. The average molecular weight is 335 g/mol. The number of carbonyl (C=O) groups is 1. The maximum atomic E-state index is 12.7. The van der Waals surface area contributed by atoms with Crippen LogP contribution in [0.25, 0.3) is 0 Å². The summed E-state index contributed by atoms with van der Waals surface area (Å²) in [5.74, 6) is -0.783. The lowest BCUT2D eigenvalue weighted by Crippen LogP contribution is -2.53. The van der Waals surface area contributed by atoms with E-state index in [0.29, 0.717) is 19.6 Å². The molecule has 5 atom stereocenters. The first-order chi connectivity index (χ1) is 12.7. The summed E-state index contributed by atoms with van der Waals surface area (Å²) in [6.07, 6.45) is -3.87. The Labute approximate surface area is 146 Å². The van der Waals surface area contributed by atoms with Crippen LogP contribution in [-0.4, -0.2) is 49.5 Å². The number of benzene rings is 1. The van der Waals surface area contributed by atoms with E-state index >= 15 is 0 Å². The predicted molar refractivity (Wildman–Crippen MR) is 87.0 cm³/mol. The molecule has 0 bridgehead atoms. The Morgan fingerprint density at radius 1 is 1.42 bits per heavy atom. The number of ether oxygens (including phenoxy) is 4. The van der Waals surface area contributed by atoms with Crippen LogP contribution >= 0.6 is 0 Å². The van der Waals surface area contributed by atoms with Gasteiger partial charge in [-0.3, -0.25) is 4.79 Å². The number of ketones is 1. The van der Waals surface area contributed by atoms with Crippen molar-refractivity contribution in [3.05, 3.63) is 30.3 Å². The van der Waals surface area contributed by atoms with Crippen LogP contribution in [0.5, 0.6) is 5.75 Å². The number of epoxide rings is 2. The average Bonchev–Trinajstić information content (AvgIpc) is 3.52. The van der Waals surface area contributed by atoms with E-state index in [4.69, 9.17) is 23.1 Å². The Morgan fingerprint density at radius 3 is 2.83 bits per heavy atom. The molecule has 0 N–H and O–H groups in total. The van der Waals surface area contributed by atoms with Crippen LogP contribution in [0.1, 0.15) is 30.3 Å². The Morgan fingerprint density at radius 2 is 2.17 bits per heavy atom. The topological polar surface area (TPSA) is 60.6 Å². The predicted octanol–water partition coefficient (Wildman–Crippen LogP) is 2.38. The highest BCUT2D eigenvalue weighted by Gasteiger charge is 2.71. The van der Waals surface area contributed by atoms with Gasteiger partial charge in [-0.05, 0) is 25.5 Å². The molecule has 0 amide bonds. The van der Waals surface area contributed by atoms with Gasteiger partial charge in [0, 0.05) is 22.6 Å². The van der Waals surface area contributed by atoms with Crippen molar-refractivity contribution in [3.63, 3.8) is 0 Å². The van der Waals surface area contributed by atoms with Gasteiger partial charge >= 0.3 is 0 Å². The smallest absolute Gasteiger partial charge is 0.162 e. The van der Waals surface area contributed by atoms with E-state index in [2.05, 4.69) is 0 Å². The minimum absolute atomic E-state index is 0.0698. The molecule has 3 fully saturated rings. The number of rotatable bonds is 6. The first-order valence-electron chi connectivity index (χ1n) is 9.78. The summed E-state index contributed by atoms with van der Waals surface area (Å²) in [6, 6.07) is 9.47. The molecule has 0 unspecified atom stereocenters. The second kappa shape index (κ2) is 5.83. The molecular formula is C19H24O5. The van der Waals surface area contributed by atoms with Crippen LogP contribution in [0.4, 0.5) is 0 Å². The van der Waals surface area contributed by atoms with Crippen molar-refractivity contribution in [3.8, 4) is 5.75 Å². The molecule has 1 aromatic carbocycles. The maximum absolute atomic E-state index is 12.7. The summed E-state index contributed by atoms with van der Waals surface area (Å²) in [4.78, 5) is 12.7.